The molecule has 1 aromatic heterocycles. The van der Waals surface area contributed by atoms with Crippen LogP contribution in [0.4, 0.5) is 0 Å². The number of esters is 1. The largest absolute Gasteiger partial charge is 0.462 e. The number of rotatable bonds is 4. The molecular weight excluding hydrogens is 308 g/mol. The minimum Gasteiger partial charge on any atom is -0.462 e. The Kier molecular flexibility index (Phi) is 4.82. The topological polar surface area (TPSA) is 85.7 Å². The number of hydrogen-bond acceptors (Lipinski definition) is 5. The zero-order valence-electron chi connectivity index (χ0n) is 12.5. The van der Waals surface area contributed by atoms with Crippen molar-refractivity contribution in [2.45, 2.75) is 13.3 Å². The monoisotopic (exact) mass is 326 g/mol. The number of nitrogens with zero attached hydrogens (tertiary/aromatic N) is 2. The predicted octanol–water partition coefficient (Wildman–Crippen LogP) is 0.531. The summed E-state index contributed by atoms with van der Waals surface area (Å²) in [5.74, 6) is -0.495. The first kappa shape index (κ1) is 16.4. The zero-order chi connectivity index (χ0) is 16.3. The van der Waals surface area contributed by atoms with Gasteiger partial charge in [-0.15, -0.1) is 0 Å². The van der Waals surface area contributed by atoms with E-state index in [2.05, 4.69) is 0 Å². The zero-order valence-corrected chi connectivity index (χ0v) is 13.3. The van der Waals surface area contributed by atoms with Crippen LogP contribution < -0.4 is 5.56 Å². The Morgan fingerprint density at radius 3 is 2.64 bits per heavy atom. The Hall–Kier alpha value is -1.93. The van der Waals surface area contributed by atoms with Crippen LogP contribution in [-0.4, -0.2) is 49.2 Å². The first-order valence-electron chi connectivity index (χ1n) is 6.87. The third-order valence-corrected chi connectivity index (χ3v) is 4.62. The molecule has 0 unspecified atom stereocenters. The second-order valence-corrected chi connectivity index (χ2v) is 6.90. The van der Waals surface area contributed by atoms with Crippen molar-refractivity contribution in [1.82, 2.24) is 8.87 Å². The Morgan fingerprint density at radius 2 is 2.09 bits per heavy atom. The van der Waals surface area contributed by atoms with Gasteiger partial charge < -0.3 is 4.74 Å². The molecule has 0 bridgehead atoms. The minimum atomic E-state index is -3.24. The number of aromatic nitrogens is 1. The maximum Gasteiger partial charge on any atom is 0.339 e. The molecule has 0 saturated heterocycles. The third kappa shape index (κ3) is 3.63. The van der Waals surface area contributed by atoms with Gasteiger partial charge in [-0.1, -0.05) is 0 Å². The van der Waals surface area contributed by atoms with Crippen molar-refractivity contribution >= 4 is 21.7 Å². The lowest BCUT2D eigenvalue weighted by Crippen LogP contribution is -2.35. The highest BCUT2D eigenvalue weighted by molar-refractivity contribution is 7.88. The molecule has 0 amide bonds. The fourth-order valence-electron chi connectivity index (χ4n) is 2.21. The molecule has 0 saturated carbocycles. The quantitative estimate of drug-likeness (QED) is 0.754. The highest BCUT2D eigenvalue weighted by Gasteiger charge is 2.21. The molecule has 0 fully saturated rings. The number of ether oxygens (including phenoxy) is 1. The molecular formula is C14H18N2O5S. The molecule has 7 nitrogen and oxygen atoms in total. The summed E-state index contributed by atoms with van der Waals surface area (Å²) >= 11 is 0. The second kappa shape index (κ2) is 6.45. The molecule has 8 heteroatoms. The van der Waals surface area contributed by atoms with E-state index in [0.29, 0.717) is 18.7 Å². The molecule has 1 aromatic rings. The maximum absolute atomic E-state index is 12.0. The number of hydrogen-bond donors (Lipinski definition) is 0. The third-order valence-electron chi connectivity index (χ3n) is 3.35. The van der Waals surface area contributed by atoms with Crippen LogP contribution in [0.1, 0.15) is 23.7 Å². The molecule has 22 heavy (non-hydrogen) atoms. The van der Waals surface area contributed by atoms with Crippen molar-refractivity contribution in [1.29, 1.82) is 0 Å². The molecule has 0 aliphatic carbocycles. The molecule has 0 N–H and O–H groups in total. The number of carbonyl (C=O) groups is 1. The smallest absolute Gasteiger partial charge is 0.339 e. The van der Waals surface area contributed by atoms with E-state index >= 15 is 0 Å². The number of carbonyl (C=O) groups excluding carboxylic acids is 1. The van der Waals surface area contributed by atoms with Gasteiger partial charge in [0, 0.05) is 37.5 Å². The maximum atomic E-state index is 12.0. The minimum absolute atomic E-state index is 0.213. The standard InChI is InChI=1S/C14H18N2O5S/c1-3-21-14(18)11-4-5-13(17)16(10-11)12-6-8-15(9-7-12)22(2,19)20/h4-6,10H,3,7-9H2,1-2H3. The average Bonchev–Trinajstić information content (AvgIpc) is 2.47. The van der Waals surface area contributed by atoms with Crippen LogP contribution in [0.5, 0.6) is 0 Å². The summed E-state index contributed by atoms with van der Waals surface area (Å²) in [5.41, 5.74) is 0.691. The van der Waals surface area contributed by atoms with Crippen molar-refractivity contribution in [3.05, 3.63) is 40.3 Å². The summed E-state index contributed by atoms with van der Waals surface area (Å²) in [6, 6.07) is 2.72. The van der Waals surface area contributed by atoms with E-state index in [4.69, 9.17) is 4.74 Å². The first-order valence-corrected chi connectivity index (χ1v) is 8.72. The van der Waals surface area contributed by atoms with Gasteiger partial charge in [0.15, 0.2) is 0 Å². The number of sulfonamides is 1. The fraction of sp³-hybridized carbons (Fsp3) is 0.429. The fourth-order valence-corrected chi connectivity index (χ4v) is 2.97. The predicted molar refractivity (Wildman–Crippen MR) is 82.0 cm³/mol. The first-order chi connectivity index (χ1) is 10.3. The van der Waals surface area contributed by atoms with Crippen molar-refractivity contribution in [3.63, 3.8) is 0 Å². The number of pyridine rings is 1. The van der Waals surface area contributed by atoms with Gasteiger partial charge in [-0.05, 0) is 19.1 Å². The lowest BCUT2D eigenvalue weighted by Gasteiger charge is -2.24. The van der Waals surface area contributed by atoms with Gasteiger partial charge in [0.25, 0.3) is 5.56 Å². The molecule has 1 aliphatic heterocycles. The molecule has 2 heterocycles. The van der Waals surface area contributed by atoms with E-state index in [1.807, 2.05) is 0 Å². The van der Waals surface area contributed by atoms with Gasteiger partial charge in [0.05, 0.1) is 18.4 Å². The van der Waals surface area contributed by atoms with E-state index in [1.165, 1.54) is 27.2 Å². The molecule has 2 rings (SSSR count). The lowest BCUT2D eigenvalue weighted by atomic mass is 10.2. The Labute approximate surface area is 128 Å². The van der Waals surface area contributed by atoms with Gasteiger partial charge >= 0.3 is 5.97 Å². The SMILES string of the molecule is CCOC(=O)c1ccc(=O)n(C2=CCN(S(C)(=O)=O)CC2)c1. The lowest BCUT2D eigenvalue weighted by molar-refractivity contribution is 0.0525. The second-order valence-electron chi connectivity index (χ2n) is 4.91. The molecule has 1 aliphatic rings. The van der Waals surface area contributed by atoms with E-state index in [-0.39, 0.29) is 24.3 Å². The molecule has 0 radical (unpaired) electrons. The van der Waals surface area contributed by atoms with E-state index in [1.54, 1.807) is 13.0 Å². The molecule has 0 atom stereocenters. The van der Waals surface area contributed by atoms with Crippen LogP contribution >= 0.6 is 0 Å². The van der Waals surface area contributed by atoms with Crippen LogP contribution in [0.3, 0.4) is 0 Å². The van der Waals surface area contributed by atoms with Crippen molar-refractivity contribution in [2.24, 2.45) is 0 Å². The Balaban J connectivity index is 2.30. The van der Waals surface area contributed by atoms with Crippen LogP contribution in [0, 0.1) is 0 Å². The Bertz CT molecular complexity index is 764. The molecule has 120 valence electrons. The van der Waals surface area contributed by atoms with Crippen molar-refractivity contribution < 1.29 is 17.9 Å². The van der Waals surface area contributed by atoms with Crippen molar-refractivity contribution in [2.75, 3.05) is 26.0 Å². The summed E-state index contributed by atoms with van der Waals surface area (Å²) < 4.78 is 30.6. The molecule has 0 spiro atoms. The Morgan fingerprint density at radius 1 is 1.36 bits per heavy atom. The van der Waals surface area contributed by atoms with Gasteiger partial charge in [0.2, 0.25) is 10.0 Å². The van der Waals surface area contributed by atoms with E-state index < -0.39 is 16.0 Å². The van der Waals surface area contributed by atoms with Crippen LogP contribution in [0.15, 0.2) is 29.2 Å². The van der Waals surface area contributed by atoms with Gasteiger partial charge in [0.1, 0.15) is 0 Å². The summed E-state index contributed by atoms with van der Waals surface area (Å²) in [7, 11) is -3.24. The van der Waals surface area contributed by atoms with Crippen LogP contribution in [0.25, 0.3) is 5.70 Å². The van der Waals surface area contributed by atoms with E-state index in [9.17, 15) is 18.0 Å². The summed E-state index contributed by atoms with van der Waals surface area (Å²) in [6.07, 6.45) is 4.67. The average molecular weight is 326 g/mol. The highest BCUT2D eigenvalue weighted by Crippen LogP contribution is 2.17. The van der Waals surface area contributed by atoms with Gasteiger partial charge in [-0.3, -0.25) is 9.36 Å². The van der Waals surface area contributed by atoms with E-state index in [0.717, 1.165) is 6.26 Å². The normalized spacial score (nSPS) is 16.2. The molecule has 0 aromatic carbocycles. The summed E-state index contributed by atoms with van der Waals surface area (Å²) in [6.45, 7) is 2.48. The van der Waals surface area contributed by atoms with Crippen LogP contribution in [-0.2, 0) is 14.8 Å². The summed E-state index contributed by atoms with van der Waals surface area (Å²) in [5, 5.41) is 0. The summed E-state index contributed by atoms with van der Waals surface area (Å²) in [4.78, 5) is 23.7. The van der Waals surface area contributed by atoms with Gasteiger partial charge in [-0.2, -0.15) is 4.31 Å². The van der Waals surface area contributed by atoms with Crippen molar-refractivity contribution in [3.8, 4) is 0 Å². The highest BCUT2D eigenvalue weighted by atomic mass is 32.2. The van der Waals surface area contributed by atoms with Crippen LogP contribution in [0.2, 0.25) is 0 Å². The van der Waals surface area contributed by atoms with Gasteiger partial charge in [-0.25, -0.2) is 13.2 Å².